The molecule has 3 N–H and O–H groups in total. The van der Waals surface area contributed by atoms with Crippen LogP contribution in [0.15, 0.2) is 54.6 Å². The van der Waals surface area contributed by atoms with Gasteiger partial charge in [-0.05, 0) is 37.1 Å². The largest absolute Gasteiger partial charge is 0.384 e. The zero-order chi connectivity index (χ0) is 14.8. The predicted octanol–water partition coefficient (Wildman–Crippen LogP) is 3.81. The summed E-state index contributed by atoms with van der Waals surface area (Å²) < 4.78 is 1.73. The van der Waals surface area contributed by atoms with Crippen LogP contribution in [0.25, 0.3) is 5.69 Å². The fourth-order valence-electron chi connectivity index (χ4n) is 2.37. The molecule has 0 saturated heterocycles. The van der Waals surface area contributed by atoms with Crippen molar-refractivity contribution in [2.75, 3.05) is 11.1 Å². The van der Waals surface area contributed by atoms with Crippen LogP contribution in [0, 0.1) is 13.8 Å². The molecule has 0 unspecified atom stereocenters. The lowest BCUT2D eigenvalue weighted by Crippen LogP contribution is -2.02. The molecule has 0 bridgehead atoms. The van der Waals surface area contributed by atoms with E-state index in [1.165, 1.54) is 11.1 Å². The number of para-hydroxylation sites is 2. The Bertz CT molecular complexity index is 739. The minimum absolute atomic E-state index is 0.606. The molecule has 0 spiro atoms. The molecule has 21 heavy (non-hydrogen) atoms. The van der Waals surface area contributed by atoms with Gasteiger partial charge in [-0.25, -0.2) is 4.68 Å². The first kappa shape index (κ1) is 13.2. The maximum Gasteiger partial charge on any atom is 0.155 e. The minimum atomic E-state index is 0.606. The number of benzene rings is 2. The van der Waals surface area contributed by atoms with E-state index >= 15 is 0 Å². The molecule has 1 aromatic heterocycles. The van der Waals surface area contributed by atoms with Crippen molar-refractivity contribution in [1.82, 2.24) is 9.78 Å². The van der Waals surface area contributed by atoms with E-state index in [0.29, 0.717) is 5.82 Å². The Kier molecular flexibility index (Phi) is 3.36. The summed E-state index contributed by atoms with van der Waals surface area (Å²) in [7, 11) is 0. The minimum Gasteiger partial charge on any atom is -0.384 e. The third-order valence-corrected chi connectivity index (χ3v) is 3.47. The summed E-state index contributed by atoms with van der Waals surface area (Å²) in [5.74, 6) is 1.35. The van der Waals surface area contributed by atoms with Crippen molar-refractivity contribution in [2.24, 2.45) is 0 Å². The van der Waals surface area contributed by atoms with Gasteiger partial charge in [0.05, 0.1) is 5.69 Å². The Balaban J connectivity index is 1.95. The van der Waals surface area contributed by atoms with E-state index in [2.05, 4.69) is 36.4 Å². The van der Waals surface area contributed by atoms with Crippen LogP contribution in [0.1, 0.15) is 11.1 Å². The number of anilines is 3. The highest BCUT2D eigenvalue weighted by atomic mass is 15.3. The molecular weight excluding hydrogens is 260 g/mol. The topological polar surface area (TPSA) is 55.9 Å². The normalized spacial score (nSPS) is 10.6. The van der Waals surface area contributed by atoms with Gasteiger partial charge in [0.15, 0.2) is 5.82 Å². The Morgan fingerprint density at radius 1 is 0.952 bits per heavy atom. The average molecular weight is 278 g/mol. The molecular formula is C17H18N4. The highest BCUT2D eigenvalue weighted by molar-refractivity contribution is 5.66. The maximum absolute atomic E-state index is 6.06. The number of nitrogens with two attached hydrogens (primary N) is 1. The summed E-state index contributed by atoms with van der Waals surface area (Å²) in [5, 5.41) is 7.90. The fraction of sp³-hybridized carbons (Fsp3) is 0.118. The highest BCUT2D eigenvalue weighted by Crippen LogP contribution is 2.25. The lowest BCUT2D eigenvalue weighted by Gasteiger charge is -2.10. The zero-order valence-corrected chi connectivity index (χ0v) is 12.2. The zero-order valence-electron chi connectivity index (χ0n) is 12.2. The molecule has 0 amide bonds. The molecule has 2 aromatic carbocycles. The molecule has 106 valence electrons. The summed E-state index contributed by atoms with van der Waals surface area (Å²) in [6.07, 6.45) is 0. The van der Waals surface area contributed by atoms with E-state index in [1.807, 2.05) is 42.5 Å². The third-order valence-electron chi connectivity index (χ3n) is 3.47. The molecule has 0 saturated carbocycles. The van der Waals surface area contributed by atoms with Crippen molar-refractivity contribution in [1.29, 1.82) is 0 Å². The van der Waals surface area contributed by atoms with Gasteiger partial charge in [0.2, 0.25) is 0 Å². The number of rotatable bonds is 3. The van der Waals surface area contributed by atoms with Gasteiger partial charge in [0.1, 0.15) is 5.82 Å². The van der Waals surface area contributed by atoms with Gasteiger partial charge in [-0.3, -0.25) is 0 Å². The highest BCUT2D eigenvalue weighted by Gasteiger charge is 2.09. The van der Waals surface area contributed by atoms with E-state index in [9.17, 15) is 0 Å². The molecule has 3 aromatic rings. The monoisotopic (exact) mass is 278 g/mol. The molecule has 4 nitrogen and oxygen atoms in total. The molecule has 4 heteroatoms. The molecule has 0 aliphatic carbocycles. The standard InChI is InChI=1S/C17H18N4/c1-12-7-6-8-13(2)17(12)19-16-11-15(18)21(20-16)14-9-4-3-5-10-14/h3-11H,18H2,1-2H3,(H,19,20). The summed E-state index contributed by atoms with van der Waals surface area (Å²) in [4.78, 5) is 0. The summed E-state index contributed by atoms with van der Waals surface area (Å²) in [6.45, 7) is 4.15. The first-order valence-electron chi connectivity index (χ1n) is 6.89. The Hall–Kier alpha value is -2.75. The van der Waals surface area contributed by atoms with Gasteiger partial charge in [-0.15, -0.1) is 5.10 Å². The number of nitrogen functional groups attached to an aromatic ring is 1. The van der Waals surface area contributed by atoms with Crippen LogP contribution in [0.4, 0.5) is 17.3 Å². The summed E-state index contributed by atoms with van der Waals surface area (Å²) in [6, 6.07) is 17.9. The van der Waals surface area contributed by atoms with E-state index < -0.39 is 0 Å². The van der Waals surface area contributed by atoms with Crippen LogP contribution in [0.5, 0.6) is 0 Å². The van der Waals surface area contributed by atoms with Crippen LogP contribution in [-0.4, -0.2) is 9.78 Å². The number of hydrogen-bond acceptors (Lipinski definition) is 3. The van der Waals surface area contributed by atoms with Crippen molar-refractivity contribution >= 4 is 17.3 Å². The van der Waals surface area contributed by atoms with Crippen molar-refractivity contribution in [3.8, 4) is 5.69 Å². The summed E-state index contributed by atoms with van der Waals surface area (Å²) in [5.41, 5.74) is 10.5. The molecule has 0 aliphatic heterocycles. The van der Waals surface area contributed by atoms with Crippen LogP contribution >= 0.6 is 0 Å². The third kappa shape index (κ3) is 2.60. The lowest BCUT2D eigenvalue weighted by atomic mass is 10.1. The number of nitrogens with one attached hydrogen (secondary N) is 1. The van der Waals surface area contributed by atoms with Crippen LogP contribution < -0.4 is 11.1 Å². The van der Waals surface area contributed by atoms with Gasteiger partial charge in [0.25, 0.3) is 0 Å². The Labute approximate surface area is 124 Å². The molecule has 0 radical (unpaired) electrons. The Morgan fingerprint density at radius 2 is 1.62 bits per heavy atom. The predicted molar refractivity (Wildman–Crippen MR) is 87.2 cm³/mol. The van der Waals surface area contributed by atoms with Gasteiger partial charge in [-0.1, -0.05) is 36.4 Å². The molecule has 0 fully saturated rings. The maximum atomic E-state index is 6.06. The van der Waals surface area contributed by atoms with Gasteiger partial charge < -0.3 is 11.1 Å². The number of hydrogen-bond donors (Lipinski definition) is 2. The smallest absolute Gasteiger partial charge is 0.155 e. The van der Waals surface area contributed by atoms with Crippen LogP contribution in [0.3, 0.4) is 0 Å². The van der Waals surface area contributed by atoms with Gasteiger partial charge in [-0.2, -0.15) is 0 Å². The van der Waals surface area contributed by atoms with Gasteiger partial charge in [0, 0.05) is 11.8 Å². The van der Waals surface area contributed by atoms with E-state index in [1.54, 1.807) is 4.68 Å². The average Bonchev–Trinajstić information content (AvgIpc) is 2.85. The van der Waals surface area contributed by atoms with Crippen molar-refractivity contribution in [3.63, 3.8) is 0 Å². The molecule has 3 rings (SSSR count). The van der Waals surface area contributed by atoms with E-state index in [0.717, 1.165) is 17.2 Å². The van der Waals surface area contributed by atoms with Crippen LogP contribution in [-0.2, 0) is 0 Å². The first-order valence-corrected chi connectivity index (χ1v) is 6.89. The molecule has 0 atom stereocenters. The van der Waals surface area contributed by atoms with Gasteiger partial charge >= 0.3 is 0 Å². The first-order chi connectivity index (χ1) is 10.1. The number of aryl methyl sites for hydroxylation is 2. The Morgan fingerprint density at radius 3 is 2.29 bits per heavy atom. The van der Waals surface area contributed by atoms with Crippen molar-refractivity contribution in [3.05, 3.63) is 65.7 Å². The SMILES string of the molecule is Cc1cccc(C)c1Nc1cc(N)n(-c2ccccc2)n1. The van der Waals surface area contributed by atoms with E-state index in [-0.39, 0.29) is 0 Å². The van der Waals surface area contributed by atoms with Crippen molar-refractivity contribution in [2.45, 2.75) is 13.8 Å². The number of aromatic nitrogens is 2. The number of nitrogens with zero attached hydrogens (tertiary/aromatic N) is 2. The lowest BCUT2D eigenvalue weighted by molar-refractivity contribution is 0.895. The van der Waals surface area contributed by atoms with Crippen molar-refractivity contribution < 1.29 is 0 Å². The van der Waals surface area contributed by atoms with E-state index in [4.69, 9.17) is 5.73 Å². The second-order valence-electron chi connectivity index (χ2n) is 5.09. The second-order valence-corrected chi connectivity index (χ2v) is 5.09. The second kappa shape index (κ2) is 5.32. The fourth-order valence-corrected chi connectivity index (χ4v) is 2.37. The molecule has 0 aliphatic rings. The van der Waals surface area contributed by atoms with Crippen LogP contribution in [0.2, 0.25) is 0 Å². The quantitative estimate of drug-likeness (QED) is 0.766. The molecule has 1 heterocycles. The summed E-state index contributed by atoms with van der Waals surface area (Å²) >= 11 is 0.